The summed E-state index contributed by atoms with van der Waals surface area (Å²) in [5.41, 5.74) is 8.76. The molecular weight excluding hydrogens is 294 g/mol. The van der Waals surface area contributed by atoms with Gasteiger partial charge < -0.3 is 10.1 Å². The molecule has 1 aromatic carbocycles. The van der Waals surface area contributed by atoms with Crippen molar-refractivity contribution in [2.24, 2.45) is 5.10 Å². The Labute approximate surface area is 139 Å². The molecule has 5 heteroatoms. The fourth-order valence-corrected chi connectivity index (χ4v) is 2.65. The standard InChI is InChI=1S/C17H27N3OS/c1-6-21-9-7-8-18-17(22)20-19-15(5)16-13(3)10-12(2)11-14(16)4/h10-11H,6-9H2,1-5H3,(H2,18,20,22)/b19-15-. The van der Waals surface area contributed by atoms with Crippen LogP contribution < -0.4 is 10.7 Å². The van der Waals surface area contributed by atoms with E-state index < -0.39 is 0 Å². The molecule has 4 nitrogen and oxygen atoms in total. The zero-order valence-corrected chi connectivity index (χ0v) is 15.1. The van der Waals surface area contributed by atoms with Crippen LogP contribution in [0.25, 0.3) is 0 Å². The lowest BCUT2D eigenvalue weighted by molar-refractivity contribution is 0.145. The number of hydrazone groups is 1. The van der Waals surface area contributed by atoms with E-state index in [1.54, 1.807) is 0 Å². The first-order valence-corrected chi connectivity index (χ1v) is 8.10. The number of rotatable bonds is 7. The first-order valence-electron chi connectivity index (χ1n) is 7.69. The van der Waals surface area contributed by atoms with Crippen LogP contribution >= 0.6 is 12.2 Å². The molecular formula is C17H27N3OS. The van der Waals surface area contributed by atoms with Crippen molar-refractivity contribution in [3.63, 3.8) is 0 Å². The van der Waals surface area contributed by atoms with Gasteiger partial charge in [-0.1, -0.05) is 17.7 Å². The van der Waals surface area contributed by atoms with Gasteiger partial charge in [0, 0.05) is 25.3 Å². The molecule has 0 aliphatic rings. The monoisotopic (exact) mass is 321 g/mol. The third-order valence-electron chi connectivity index (χ3n) is 3.32. The Balaban J connectivity index is 2.54. The second-order valence-corrected chi connectivity index (χ2v) is 5.80. The number of hydrogen-bond acceptors (Lipinski definition) is 3. The number of nitrogens with one attached hydrogen (secondary N) is 2. The summed E-state index contributed by atoms with van der Waals surface area (Å²) in [7, 11) is 0. The number of thiocarbonyl (C=S) groups is 1. The van der Waals surface area contributed by atoms with Crippen molar-refractivity contribution in [3.05, 3.63) is 34.4 Å². The number of benzene rings is 1. The number of nitrogens with zero attached hydrogens (tertiary/aromatic N) is 1. The van der Waals surface area contributed by atoms with Crippen molar-refractivity contribution in [3.8, 4) is 0 Å². The van der Waals surface area contributed by atoms with Crippen LogP contribution in [0.2, 0.25) is 0 Å². The van der Waals surface area contributed by atoms with Gasteiger partial charge >= 0.3 is 0 Å². The summed E-state index contributed by atoms with van der Waals surface area (Å²) in [5.74, 6) is 0. The lowest BCUT2D eigenvalue weighted by atomic mass is 9.97. The summed E-state index contributed by atoms with van der Waals surface area (Å²) in [6.45, 7) is 12.6. The van der Waals surface area contributed by atoms with E-state index >= 15 is 0 Å². The highest BCUT2D eigenvalue weighted by Crippen LogP contribution is 2.17. The normalized spacial score (nSPS) is 11.4. The highest BCUT2D eigenvalue weighted by molar-refractivity contribution is 7.80. The molecule has 0 aromatic heterocycles. The van der Waals surface area contributed by atoms with Gasteiger partial charge in [0.05, 0.1) is 5.71 Å². The van der Waals surface area contributed by atoms with E-state index in [1.807, 2.05) is 13.8 Å². The van der Waals surface area contributed by atoms with E-state index in [-0.39, 0.29) is 0 Å². The molecule has 2 N–H and O–H groups in total. The fourth-order valence-electron chi connectivity index (χ4n) is 2.50. The molecule has 0 heterocycles. The highest BCUT2D eigenvalue weighted by atomic mass is 32.1. The van der Waals surface area contributed by atoms with Crippen LogP contribution in [0.5, 0.6) is 0 Å². The SMILES string of the molecule is CCOCCCNC(=S)N/N=C(/C)c1c(C)cc(C)cc1C. The first kappa shape index (κ1) is 18.6. The van der Waals surface area contributed by atoms with Crippen LogP contribution in [-0.4, -0.2) is 30.6 Å². The van der Waals surface area contributed by atoms with E-state index in [1.165, 1.54) is 22.3 Å². The minimum Gasteiger partial charge on any atom is -0.382 e. The van der Waals surface area contributed by atoms with Gasteiger partial charge in [-0.25, -0.2) is 0 Å². The minimum absolute atomic E-state index is 0.540. The van der Waals surface area contributed by atoms with Crippen LogP contribution in [0.4, 0.5) is 0 Å². The number of aryl methyl sites for hydroxylation is 3. The van der Waals surface area contributed by atoms with Gasteiger partial charge in [-0.2, -0.15) is 5.10 Å². The molecule has 0 spiro atoms. The molecule has 0 aliphatic carbocycles. The van der Waals surface area contributed by atoms with Crippen LogP contribution in [0.1, 0.15) is 42.5 Å². The predicted octanol–water partition coefficient (Wildman–Crippen LogP) is 3.23. The summed E-state index contributed by atoms with van der Waals surface area (Å²) < 4.78 is 5.28. The van der Waals surface area contributed by atoms with Gasteiger partial charge in [-0.05, 0) is 64.4 Å². The van der Waals surface area contributed by atoms with Gasteiger partial charge in [0.25, 0.3) is 0 Å². The molecule has 0 saturated carbocycles. The van der Waals surface area contributed by atoms with Crippen LogP contribution in [0.15, 0.2) is 17.2 Å². The smallest absolute Gasteiger partial charge is 0.186 e. The third kappa shape index (κ3) is 6.12. The van der Waals surface area contributed by atoms with Gasteiger partial charge in [0.1, 0.15) is 0 Å². The molecule has 0 unspecified atom stereocenters. The summed E-state index contributed by atoms with van der Waals surface area (Å²) in [5, 5.41) is 8.05. The second-order valence-electron chi connectivity index (χ2n) is 5.39. The van der Waals surface area contributed by atoms with Crippen LogP contribution in [-0.2, 0) is 4.74 Å². The topological polar surface area (TPSA) is 45.6 Å². The lowest BCUT2D eigenvalue weighted by Gasteiger charge is -2.12. The quantitative estimate of drug-likeness (QED) is 0.350. The van der Waals surface area contributed by atoms with E-state index in [2.05, 4.69) is 48.7 Å². The molecule has 0 saturated heterocycles. The zero-order chi connectivity index (χ0) is 16.5. The average Bonchev–Trinajstić information content (AvgIpc) is 2.43. The van der Waals surface area contributed by atoms with Gasteiger partial charge in [-0.15, -0.1) is 0 Å². The Morgan fingerprint density at radius 2 is 1.86 bits per heavy atom. The summed E-state index contributed by atoms with van der Waals surface area (Å²) >= 11 is 5.22. The summed E-state index contributed by atoms with van der Waals surface area (Å²) in [6, 6.07) is 4.34. The highest BCUT2D eigenvalue weighted by Gasteiger charge is 2.07. The molecule has 1 aromatic rings. The molecule has 0 amide bonds. The molecule has 22 heavy (non-hydrogen) atoms. The van der Waals surface area contributed by atoms with Crippen molar-refractivity contribution in [2.45, 2.75) is 41.0 Å². The maximum atomic E-state index is 5.28. The van der Waals surface area contributed by atoms with Crippen LogP contribution in [0.3, 0.4) is 0 Å². The van der Waals surface area contributed by atoms with Crippen molar-refractivity contribution < 1.29 is 4.74 Å². The van der Waals surface area contributed by atoms with E-state index in [9.17, 15) is 0 Å². The molecule has 0 fully saturated rings. The average molecular weight is 321 g/mol. The molecule has 0 bridgehead atoms. The molecule has 122 valence electrons. The number of hydrogen-bond donors (Lipinski definition) is 2. The molecule has 0 radical (unpaired) electrons. The summed E-state index contributed by atoms with van der Waals surface area (Å²) in [6.07, 6.45) is 0.925. The van der Waals surface area contributed by atoms with Crippen molar-refractivity contribution in [1.82, 2.24) is 10.7 Å². The Bertz CT molecular complexity index is 518. The van der Waals surface area contributed by atoms with Crippen molar-refractivity contribution in [2.75, 3.05) is 19.8 Å². The second kappa shape index (κ2) is 9.54. The minimum atomic E-state index is 0.540. The van der Waals surface area contributed by atoms with Crippen molar-refractivity contribution in [1.29, 1.82) is 0 Å². The molecule has 0 aliphatic heterocycles. The zero-order valence-electron chi connectivity index (χ0n) is 14.2. The van der Waals surface area contributed by atoms with Gasteiger partial charge in [-0.3, -0.25) is 5.43 Å². The Morgan fingerprint density at radius 1 is 1.23 bits per heavy atom. The van der Waals surface area contributed by atoms with E-state index in [0.717, 1.165) is 31.9 Å². The predicted molar refractivity (Wildman–Crippen MR) is 97.7 cm³/mol. The van der Waals surface area contributed by atoms with E-state index in [4.69, 9.17) is 17.0 Å². The Kier molecular flexibility index (Phi) is 8.06. The Hall–Kier alpha value is -1.46. The maximum Gasteiger partial charge on any atom is 0.186 e. The third-order valence-corrected chi connectivity index (χ3v) is 3.55. The van der Waals surface area contributed by atoms with Gasteiger partial charge in [0.15, 0.2) is 5.11 Å². The maximum absolute atomic E-state index is 5.28. The Morgan fingerprint density at radius 3 is 2.45 bits per heavy atom. The largest absolute Gasteiger partial charge is 0.382 e. The van der Waals surface area contributed by atoms with Crippen molar-refractivity contribution >= 4 is 23.0 Å². The molecule has 1 rings (SSSR count). The van der Waals surface area contributed by atoms with E-state index in [0.29, 0.717) is 5.11 Å². The summed E-state index contributed by atoms with van der Waals surface area (Å²) in [4.78, 5) is 0. The van der Waals surface area contributed by atoms with Crippen LogP contribution in [0, 0.1) is 20.8 Å². The number of ether oxygens (including phenoxy) is 1. The lowest BCUT2D eigenvalue weighted by Crippen LogP contribution is -2.33. The van der Waals surface area contributed by atoms with Gasteiger partial charge in [0.2, 0.25) is 0 Å². The fraction of sp³-hybridized carbons (Fsp3) is 0.529. The molecule has 0 atom stereocenters. The first-order chi connectivity index (χ1) is 10.5.